The lowest BCUT2D eigenvalue weighted by Crippen LogP contribution is -2.26. The monoisotopic (exact) mass is 355 g/mol. The van der Waals surface area contributed by atoms with Crippen LogP contribution in [0.3, 0.4) is 0 Å². The van der Waals surface area contributed by atoms with Crippen LogP contribution >= 0.6 is 0 Å². The quantitative estimate of drug-likeness (QED) is 0.775. The van der Waals surface area contributed by atoms with Gasteiger partial charge >= 0.3 is 0 Å². The molecule has 3 aromatic rings. The van der Waals surface area contributed by atoms with Crippen molar-refractivity contribution in [2.45, 2.75) is 12.8 Å². The molecule has 0 radical (unpaired) electrons. The zero-order chi connectivity index (χ0) is 18.6. The zero-order valence-electron chi connectivity index (χ0n) is 14.6. The third-order valence-corrected chi connectivity index (χ3v) is 4.54. The number of para-hydroxylation sites is 1. The normalized spacial score (nSPS) is 12.8. The van der Waals surface area contributed by atoms with Crippen LogP contribution in [0.25, 0.3) is 0 Å². The SMILES string of the molecule is N#Cc1ccc(NC(=O)c2cc(N3CCCc4ccccc43)ncn2)cc1. The van der Waals surface area contributed by atoms with E-state index in [1.54, 1.807) is 30.3 Å². The fraction of sp³-hybridized carbons (Fsp3) is 0.143. The highest BCUT2D eigenvalue weighted by atomic mass is 16.1. The van der Waals surface area contributed by atoms with E-state index >= 15 is 0 Å². The molecular weight excluding hydrogens is 338 g/mol. The standard InChI is InChI=1S/C21H17N5O/c22-13-15-7-9-17(10-8-15)25-21(27)18-12-20(24-14-23-18)26-11-3-5-16-4-1-2-6-19(16)26/h1-2,4,6-10,12,14H,3,5,11H2,(H,25,27). The molecule has 1 aromatic heterocycles. The molecule has 1 N–H and O–H groups in total. The summed E-state index contributed by atoms with van der Waals surface area (Å²) in [5, 5.41) is 11.7. The maximum Gasteiger partial charge on any atom is 0.274 e. The molecule has 0 bridgehead atoms. The maximum atomic E-state index is 12.6. The number of anilines is 3. The summed E-state index contributed by atoms with van der Waals surface area (Å²) in [5.41, 5.74) is 3.86. The zero-order valence-corrected chi connectivity index (χ0v) is 14.6. The van der Waals surface area contributed by atoms with Gasteiger partial charge in [0.05, 0.1) is 11.6 Å². The minimum absolute atomic E-state index is 0.299. The Labute approximate surface area is 157 Å². The Morgan fingerprint density at radius 3 is 2.74 bits per heavy atom. The first-order chi connectivity index (χ1) is 13.2. The predicted molar refractivity (Wildman–Crippen MR) is 103 cm³/mol. The number of nitrogens with one attached hydrogen (secondary N) is 1. The lowest BCUT2D eigenvalue weighted by Gasteiger charge is -2.30. The van der Waals surface area contributed by atoms with Crippen LogP contribution in [0.5, 0.6) is 0 Å². The fourth-order valence-corrected chi connectivity index (χ4v) is 3.21. The van der Waals surface area contributed by atoms with Gasteiger partial charge in [0.2, 0.25) is 0 Å². The average molecular weight is 355 g/mol. The molecule has 2 heterocycles. The summed E-state index contributed by atoms with van der Waals surface area (Å²) in [6.45, 7) is 0.852. The number of fused-ring (bicyclic) bond motifs is 1. The number of hydrogen-bond acceptors (Lipinski definition) is 5. The van der Waals surface area contributed by atoms with Gasteiger partial charge in [-0.15, -0.1) is 0 Å². The number of amides is 1. The highest BCUT2D eigenvalue weighted by Crippen LogP contribution is 2.32. The number of rotatable bonds is 3. The van der Waals surface area contributed by atoms with Gasteiger partial charge in [-0.1, -0.05) is 18.2 Å². The average Bonchev–Trinajstić information content (AvgIpc) is 2.74. The maximum absolute atomic E-state index is 12.6. The fourth-order valence-electron chi connectivity index (χ4n) is 3.21. The molecule has 2 aromatic carbocycles. The van der Waals surface area contributed by atoms with Gasteiger partial charge in [-0.2, -0.15) is 5.26 Å². The van der Waals surface area contributed by atoms with Gasteiger partial charge in [0, 0.05) is 24.0 Å². The number of hydrogen-bond donors (Lipinski definition) is 1. The lowest BCUT2D eigenvalue weighted by molar-refractivity contribution is 0.102. The van der Waals surface area contributed by atoms with E-state index in [4.69, 9.17) is 5.26 Å². The van der Waals surface area contributed by atoms with Crippen LogP contribution in [0.4, 0.5) is 17.2 Å². The molecule has 0 aliphatic carbocycles. The molecule has 132 valence electrons. The first-order valence-corrected chi connectivity index (χ1v) is 8.73. The molecule has 0 atom stereocenters. The summed E-state index contributed by atoms with van der Waals surface area (Å²) in [4.78, 5) is 23.2. The molecule has 6 heteroatoms. The first kappa shape index (κ1) is 16.7. The van der Waals surface area contributed by atoms with Crippen molar-refractivity contribution in [3.63, 3.8) is 0 Å². The van der Waals surface area contributed by atoms with Crippen molar-refractivity contribution in [3.8, 4) is 6.07 Å². The van der Waals surface area contributed by atoms with Gasteiger partial charge in [0.25, 0.3) is 5.91 Å². The van der Waals surface area contributed by atoms with Crippen molar-refractivity contribution in [2.75, 3.05) is 16.8 Å². The Morgan fingerprint density at radius 2 is 1.93 bits per heavy atom. The van der Waals surface area contributed by atoms with Gasteiger partial charge in [-0.3, -0.25) is 4.79 Å². The largest absolute Gasteiger partial charge is 0.326 e. The molecule has 6 nitrogen and oxygen atoms in total. The molecule has 0 unspecified atom stereocenters. The van der Waals surface area contributed by atoms with Crippen LogP contribution in [0.2, 0.25) is 0 Å². The van der Waals surface area contributed by atoms with Crippen molar-refractivity contribution in [3.05, 3.63) is 77.7 Å². The van der Waals surface area contributed by atoms with E-state index < -0.39 is 0 Å². The minimum Gasteiger partial charge on any atom is -0.326 e. The Hall–Kier alpha value is -3.72. The molecule has 1 aliphatic heterocycles. The number of benzene rings is 2. The third-order valence-electron chi connectivity index (χ3n) is 4.54. The number of carbonyl (C=O) groups excluding carboxylic acids is 1. The Kier molecular flexibility index (Phi) is 4.50. The molecule has 4 rings (SSSR count). The number of carbonyl (C=O) groups is 1. The van der Waals surface area contributed by atoms with Gasteiger partial charge < -0.3 is 10.2 Å². The van der Waals surface area contributed by atoms with Gasteiger partial charge in [0.1, 0.15) is 17.8 Å². The van der Waals surface area contributed by atoms with Gasteiger partial charge in [0.15, 0.2) is 0 Å². The van der Waals surface area contributed by atoms with Crippen LogP contribution in [0, 0.1) is 11.3 Å². The van der Waals surface area contributed by atoms with Gasteiger partial charge in [-0.05, 0) is 48.7 Å². The molecule has 1 aliphatic rings. The molecule has 0 saturated heterocycles. The second kappa shape index (κ2) is 7.26. The summed E-state index contributed by atoms with van der Waals surface area (Å²) in [6.07, 6.45) is 3.50. The van der Waals surface area contributed by atoms with Gasteiger partial charge in [-0.25, -0.2) is 9.97 Å². The van der Waals surface area contributed by atoms with E-state index in [1.807, 2.05) is 12.1 Å². The molecule has 1 amide bonds. The summed E-state index contributed by atoms with van der Waals surface area (Å²) in [7, 11) is 0. The smallest absolute Gasteiger partial charge is 0.274 e. The molecule has 0 saturated carbocycles. The Bertz CT molecular complexity index is 1020. The summed E-state index contributed by atoms with van der Waals surface area (Å²) in [5.74, 6) is 0.399. The summed E-state index contributed by atoms with van der Waals surface area (Å²) < 4.78 is 0. The number of aryl methyl sites for hydroxylation is 1. The molecule has 0 spiro atoms. The number of nitriles is 1. The molecule has 27 heavy (non-hydrogen) atoms. The minimum atomic E-state index is -0.311. The van der Waals surface area contributed by atoms with Crippen molar-refractivity contribution >= 4 is 23.1 Å². The van der Waals surface area contributed by atoms with E-state index in [9.17, 15) is 4.79 Å². The van der Waals surface area contributed by atoms with Crippen LogP contribution in [-0.4, -0.2) is 22.4 Å². The van der Waals surface area contributed by atoms with Crippen LogP contribution in [0.15, 0.2) is 60.9 Å². The van der Waals surface area contributed by atoms with Crippen molar-refractivity contribution in [1.29, 1.82) is 5.26 Å². The number of nitrogens with zero attached hydrogens (tertiary/aromatic N) is 4. The highest BCUT2D eigenvalue weighted by Gasteiger charge is 2.20. The predicted octanol–water partition coefficient (Wildman–Crippen LogP) is 3.68. The van der Waals surface area contributed by atoms with E-state index in [1.165, 1.54) is 11.9 Å². The first-order valence-electron chi connectivity index (χ1n) is 8.73. The second-order valence-corrected chi connectivity index (χ2v) is 6.29. The lowest BCUT2D eigenvalue weighted by atomic mass is 10.0. The van der Waals surface area contributed by atoms with E-state index in [0.717, 1.165) is 25.1 Å². The van der Waals surface area contributed by atoms with E-state index in [0.29, 0.717) is 22.8 Å². The number of aromatic nitrogens is 2. The van der Waals surface area contributed by atoms with E-state index in [2.05, 4.69) is 38.4 Å². The molecule has 0 fully saturated rings. The van der Waals surface area contributed by atoms with Crippen LogP contribution in [-0.2, 0) is 6.42 Å². The third kappa shape index (κ3) is 3.48. The van der Waals surface area contributed by atoms with Crippen LogP contribution in [0.1, 0.15) is 28.0 Å². The van der Waals surface area contributed by atoms with Crippen molar-refractivity contribution in [1.82, 2.24) is 9.97 Å². The Morgan fingerprint density at radius 1 is 1.11 bits per heavy atom. The highest BCUT2D eigenvalue weighted by molar-refractivity contribution is 6.03. The molecular formula is C21H17N5O. The van der Waals surface area contributed by atoms with Crippen molar-refractivity contribution < 1.29 is 4.79 Å². The van der Waals surface area contributed by atoms with E-state index in [-0.39, 0.29) is 5.91 Å². The van der Waals surface area contributed by atoms with Crippen molar-refractivity contribution in [2.24, 2.45) is 0 Å². The second-order valence-electron chi connectivity index (χ2n) is 6.29. The Balaban J connectivity index is 1.57. The summed E-state index contributed by atoms with van der Waals surface area (Å²) >= 11 is 0. The topological polar surface area (TPSA) is 81.9 Å². The van der Waals surface area contributed by atoms with Crippen LogP contribution < -0.4 is 10.2 Å². The summed E-state index contributed by atoms with van der Waals surface area (Å²) in [6, 6.07) is 18.7.